The minimum absolute atomic E-state index is 0.0536. The summed E-state index contributed by atoms with van der Waals surface area (Å²) in [6.45, 7) is 5.12. The molecule has 35 heavy (non-hydrogen) atoms. The van der Waals surface area contributed by atoms with E-state index >= 15 is 0 Å². The van der Waals surface area contributed by atoms with Crippen molar-refractivity contribution in [1.29, 1.82) is 0 Å². The van der Waals surface area contributed by atoms with Crippen molar-refractivity contribution < 1.29 is 9.59 Å². The highest BCUT2D eigenvalue weighted by Gasteiger charge is 2.30. The fourth-order valence-electron chi connectivity index (χ4n) is 3.75. The third-order valence-electron chi connectivity index (χ3n) is 5.73. The van der Waals surface area contributed by atoms with Crippen LogP contribution in [0, 0.1) is 6.92 Å². The summed E-state index contributed by atoms with van der Waals surface area (Å²) in [6.07, 6.45) is 2.37. The molecule has 4 nitrogen and oxygen atoms in total. The molecule has 0 radical (unpaired) electrons. The molecule has 0 aliphatic carbocycles. The molecule has 0 aromatic heterocycles. The first-order valence-corrected chi connectivity index (χ1v) is 13.8. The van der Waals surface area contributed by atoms with E-state index in [0.717, 1.165) is 33.3 Å². The molecular weight excluding hydrogens is 520 g/mol. The van der Waals surface area contributed by atoms with Crippen LogP contribution in [0.5, 0.6) is 0 Å². The van der Waals surface area contributed by atoms with Crippen LogP contribution in [0.1, 0.15) is 36.5 Å². The van der Waals surface area contributed by atoms with Crippen LogP contribution in [0.25, 0.3) is 0 Å². The van der Waals surface area contributed by atoms with Crippen molar-refractivity contribution in [3.63, 3.8) is 0 Å². The SMILES string of the molecule is CCCCNC(=O)[C@@H](Cc1ccccc1)N(Cc1cccc(Br)c1)C(=O)CSc1ccc(C)cc1. The average Bonchev–Trinajstić information content (AvgIpc) is 2.86. The number of nitrogens with one attached hydrogen (secondary N) is 1. The van der Waals surface area contributed by atoms with Crippen LogP contribution < -0.4 is 5.32 Å². The molecule has 0 heterocycles. The van der Waals surface area contributed by atoms with E-state index in [1.54, 1.807) is 4.90 Å². The van der Waals surface area contributed by atoms with Gasteiger partial charge in [0.2, 0.25) is 11.8 Å². The lowest BCUT2D eigenvalue weighted by Crippen LogP contribution is -2.51. The van der Waals surface area contributed by atoms with Gasteiger partial charge in [0.25, 0.3) is 0 Å². The second-order valence-corrected chi connectivity index (χ2v) is 10.6. The largest absolute Gasteiger partial charge is 0.354 e. The van der Waals surface area contributed by atoms with Crippen molar-refractivity contribution in [2.45, 2.75) is 50.6 Å². The van der Waals surface area contributed by atoms with Crippen molar-refractivity contribution in [1.82, 2.24) is 10.2 Å². The molecule has 3 aromatic rings. The lowest BCUT2D eigenvalue weighted by atomic mass is 10.0. The maximum absolute atomic E-state index is 13.7. The van der Waals surface area contributed by atoms with E-state index in [-0.39, 0.29) is 17.6 Å². The Balaban J connectivity index is 1.87. The molecule has 0 aliphatic heterocycles. The molecule has 0 unspecified atom stereocenters. The highest BCUT2D eigenvalue weighted by atomic mass is 79.9. The first-order chi connectivity index (χ1) is 17.0. The monoisotopic (exact) mass is 552 g/mol. The van der Waals surface area contributed by atoms with E-state index in [4.69, 9.17) is 0 Å². The van der Waals surface area contributed by atoms with Gasteiger partial charge in [-0.05, 0) is 48.7 Å². The molecule has 3 rings (SSSR count). The number of aryl methyl sites for hydroxylation is 1. The number of nitrogens with zero attached hydrogens (tertiary/aromatic N) is 1. The summed E-state index contributed by atoms with van der Waals surface area (Å²) in [5, 5.41) is 3.07. The first kappa shape index (κ1) is 27.0. The fourth-order valence-corrected chi connectivity index (χ4v) is 4.99. The molecule has 1 N–H and O–H groups in total. The number of carbonyl (C=O) groups is 2. The van der Waals surface area contributed by atoms with E-state index in [0.29, 0.717) is 19.5 Å². The molecule has 184 valence electrons. The summed E-state index contributed by atoms with van der Waals surface area (Å²) in [4.78, 5) is 29.9. The minimum Gasteiger partial charge on any atom is -0.354 e. The van der Waals surface area contributed by atoms with Crippen LogP contribution in [0.15, 0.2) is 88.2 Å². The number of rotatable bonds is 12. The molecule has 0 saturated carbocycles. The second kappa shape index (κ2) is 14.1. The van der Waals surface area contributed by atoms with Gasteiger partial charge >= 0.3 is 0 Å². The van der Waals surface area contributed by atoms with Gasteiger partial charge < -0.3 is 10.2 Å². The molecule has 0 aliphatic rings. The van der Waals surface area contributed by atoms with Gasteiger partial charge in [0.15, 0.2) is 0 Å². The smallest absolute Gasteiger partial charge is 0.243 e. The summed E-state index contributed by atoms with van der Waals surface area (Å²) in [5.74, 6) is 0.109. The lowest BCUT2D eigenvalue weighted by molar-refractivity contribution is -0.139. The van der Waals surface area contributed by atoms with Crippen LogP contribution in [-0.2, 0) is 22.6 Å². The zero-order valence-electron chi connectivity index (χ0n) is 20.4. The van der Waals surface area contributed by atoms with Gasteiger partial charge in [-0.1, -0.05) is 89.4 Å². The first-order valence-electron chi connectivity index (χ1n) is 12.0. The Hall–Kier alpha value is -2.57. The normalized spacial score (nSPS) is 11.6. The van der Waals surface area contributed by atoms with E-state index in [9.17, 15) is 9.59 Å². The fraction of sp³-hybridized carbons (Fsp3) is 0.310. The van der Waals surface area contributed by atoms with Crippen LogP contribution in [0.2, 0.25) is 0 Å². The Morgan fingerprint density at radius 2 is 1.69 bits per heavy atom. The Morgan fingerprint density at radius 3 is 2.37 bits per heavy atom. The molecule has 3 aromatic carbocycles. The van der Waals surface area contributed by atoms with Gasteiger partial charge in [0.1, 0.15) is 6.04 Å². The summed E-state index contributed by atoms with van der Waals surface area (Å²) < 4.78 is 0.948. The quantitative estimate of drug-likeness (QED) is 0.209. The van der Waals surface area contributed by atoms with E-state index in [1.807, 2.05) is 85.8 Å². The molecule has 1 atom stereocenters. The molecule has 0 fully saturated rings. The third kappa shape index (κ3) is 8.86. The highest BCUT2D eigenvalue weighted by Crippen LogP contribution is 2.22. The van der Waals surface area contributed by atoms with E-state index in [1.165, 1.54) is 17.3 Å². The van der Waals surface area contributed by atoms with Crippen molar-refractivity contribution in [3.8, 4) is 0 Å². The Morgan fingerprint density at radius 1 is 0.971 bits per heavy atom. The Bertz CT molecular complexity index is 1090. The van der Waals surface area contributed by atoms with Gasteiger partial charge in [-0.3, -0.25) is 9.59 Å². The number of hydrogen-bond donors (Lipinski definition) is 1. The van der Waals surface area contributed by atoms with E-state index in [2.05, 4.69) is 28.2 Å². The van der Waals surface area contributed by atoms with Crippen LogP contribution in [0.4, 0.5) is 0 Å². The number of amides is 2. The van der Waals surface area contributed by atoms with Crippen molar-refractivity contribution in [2.24, 2.45) is 0 Å². The number of unbranched alkanes of at least 4 members (excludes halogenated alkanes) is 1. The van der Waals surface area contributed by atoms with Gasteiger partial charge in [-0.15, -0.1) is 11.8 Å². The Labute approximate surface area is 221 Å². The van der Waals surface area contributed by atoms with Gasteiger partial charge in [-0.2, -0.15) is 0 Å². The number of carbonyl (C=O) groups excluding carboxylic acids is 2. The molecule has 0 bridgehead atoms. The molecule has 0 saturated heterocycles. The average molecular weight is 554 g/mol. The molecular formula is C29H33BrN2O2S. The minimum atomic E-state index is -0.598. The number of halogens is 1. The predicted molar refractivity (Wildman–Crippen MR) is 148 cm³/mol. The summed E-state index contributed by atoms with van der Waals surface area (Å²) in [6, 6.07) is 25.4. The summed E-state index contributed by atoms with van der Waals surface area (Å²) >= 11 is 5.04. The molecule has 0 spiro atoms. The Kier molecular flexibility index (Phi) is 10.9. The van der Waals surface area contributed by atoms with Gasteiger partial charge in [-0.25, -0.2) is 0 Å². The predicted octanol–water partition coefficient (Wildman–Crippen LogP) is 6.41. The zero-order chi connectivity index (χ0) is 25.0. The van der Waals surface area contributed by atoms with Crippen LogP contribution >= 0.6 is 27.7 Å². The maximum Gasteiger partial charge on any atom is 0.243 e. The zero-order valence-corrected chi connectivity index (χ0v) is 22.8. The molecule has 6 heteroatoms. The number of thioether (sulfide) groups is 1. The van der Waals surface area contributed by atoms with E-state index < -0.39 is 6.04 Å². The lowest BCUT2D eigenvalue weighted by Gasteiger charge is -2.31. The second-order valence-electron chi connectivity index (χ2n) is 8.60. The highest BCUT2D eigenvalue weighted by molar-refractivity contribution is 9.10. The maximum atomic E-state index is 13.7. The van der Waals surface area contributed by atoms with Crippen LogP contribution in [0.3, 0.4) is 0 Å². The number of hydrogen-bond acceptors (Lipinski definition) is 3. The number of benzene rings is 3. The standard InChI is InChI=1S/C29H33BrN2O2S/c1-3-4-17-31-29(34)27(19-23-9-6-5-7-10-23)32(20-24-11-8-12-25(30)18-24)28(33)21-35-26-15-13-22(2)14-16-26/h5-16,18,27H,3-4,17,19-21H2,1-2H3,(H,31,34)/t27-/m1/s1. The van der Waals surface area contributed by atoms with Crippen LogP contribution in [-0.4, -0.2) is 35.1 Å². The third-order valence-corrected chi connectivity index (χ3v) is 7.22. The van der Waals surface area contributed by atoms with Gasteiger partial charge in [0, 0.05) is 28.9 Å². The van der Waals surface area contributed by atoms with Gasteiger partial charge in [0.05, 0.1) is 5.75 Å². The summed E-state index contributed by atoms with van der Waals surface area (Å²) in [5.41, 5.74) is 3.19. The van der Waals surface area contributed by atoms with Crippen molar-refractivity contribution >= 4 is 39.5 Å². The van der Waals surface area contributed by atoms with Crippen molar-refractivity contribution in [2.75, 3.05) is 12.3 Å². The topological polar surface area (TPSA) is 49.4 Å². The summed E-state index contributed by atoms with van der Waals surface area (Å²) in [7, 11) is 0. The van der Waals surface area contributed by atoms with Crippen molar-refractivity contribution in [3.05, 3.63) is 100 Å². The molecule has 2 amide bonds.